The van der Waals surface area contributed by atoms with Gasteiger partial charge in [-0.1, -0.05) is 0 Å². The molecule has 23 heavy (non-hydrogen) atoms. The molecule has 0 saturated carbocycles. The molecule has 13 heteroatoms. The third-order valence-electron chi connectivity index (χ3n) is 3.12. The van der Waals surface area contributed by atoms with Gasteiger partial charge in [0.15, 0.2) is 11.9 Å². The van der Waals surface area contributed by atoms with Crippen molar-refractivity contribution < 1.29 is 38.6 Å². The van der Waals surface area contributed by atoms with E-state index < -0.39 is 56.1 Å². The molecule has 1 amide bonds. The Bertz CT molecular complexity index is 701. The maximum Gasteiger partial charge on any atom is 0.469 e. The van der Waals surface area contributed by atoms with E-state index in [0.29, 0.717) is 0 Å². The van der Waals surface area contributed by atoms with E-state index in [0.717, 1.165) is 17.0 Å². The number of aliphatic hydroxyl groups is 2. The summed E-state index contributed by atoms with van der Waals surface area (Å²) < 4.78 is 20.9. The van der Waals surface area contributed by atoms with E-state index >= 15 is 0 Å². The number of amides is 1. The van der Waals surface area contributed by atoms with Crippen LogP contribution in [0.5, 0.6) is 0 Å². The lowest BCUT2D eigenvalue weighted by Crippen LogP contribution is -2.38. The number of primary amides is 1. The van der Waals surface area contributed by atoms with E-state index in [1.165, 1.54) is 0 Å². The van der Waals surface area contributed by atoms with Gasteiger partial charge < -0.3 is 30.5 Å². The van der Waals surface area contributed by atoms with Gasteiger partial charge in [0.25, 0.3) is 11.5 Å². The molecule has 0 unspecified atom stereocenters. The van der Waals surface area contributed by atoms with E-state index in [-0.39, 0.29) is 0 Å². The minimum atomic E-state index is -4.80. The second kappa shape index (κ2) is 6.45. The second-order valence-corrected chi connectivity index (χ2v) is 5.92. The van der Waals surface area contributed by atoms with Crippen molar-refractivity contribution in [2.24, 2.45) is 5.73 Å². The minimum Gasteiger partial charge on any atom is -0.387 e. The van der Waals surface area contributed by atoms with Crippen LogP contribution in [-0.2, 0) is 13.8 Å². The number of ether oxygens (including phenoxy) is 1. The van der Waals surface area contributed by atoms with E-state index in [1.807, 2.05) is 0 Å². The summed E-state index contributed by atoms with van der Waals surface area (Å²) in [5, 5.41) is 19.8. The van der Waals surface area contributed by atoms with E-state index in [2.05, 4.69) is 9.51 Å². The van der Waals surface area contributed by atoms with Crippen LogP contribution in [0.2, 0.25) is 0 Å². The maximum absolute atomic E-state index is 12.0. The Hall–Kier alpha value is -1.66. The first-order chi connectivity index (χ1) is 10.6. The van der Waals surface area contributed by atoms with Crippen LogP contribution >= 0.6 is 7.82 Å². The first-order valence-corrected chi connectivity index (χ1v) is 7.73. The van der Waals surface area contributed by atoms with Crippen molar-refractivity contribution in [2.45, 2.75) is 24.5 Å². The number of nitrogens with two attached hydrogens (primary N) is 1. The molecule has 128 valence electrons. The first-order valence-electron chi connectivity index (χ1n) is 6.20. The normalized spacial score (nSPS) is 28.0. The van der Waals surface area contributed by atoms with Crippen LogP contribution in [0, 0.1) is 0 Å². The van der Waals surface area contributed by atoms with Gasteiger partial charge in [-0.05, 0) is 0 Å². The number of rotatable bonds is 5. The topological polar surface area (TPSA) is 194 Å². The molecule has 0 bridgehead atoms. The fourth-order valence-electron chi connectivity index (χ4n) is 2.06. The van der Waals surface area contributed by atoms with Crippen LogP contribution in [-0.4, -0.2) is 60.4 Å². The highest BCUT2D eigenvalue weighted by atomic mass is 31.2. The van der Waals surface area contributed by atoms with Crippen LogP contribution < -0.4 is 11.3 Å². The molecule has 1 fully saturated rings. The molecule has 2 heterocycles. The number of aliphatic hydroxyl groups excluding tert-OH is 2. The molecule has 2 rings (SSSR count). The van der Waals surface area contributed by atoms with Crippen molar-refractivity contribution in [1.82, 2.24) is 9.55 Å². The summed E-state index contributed by atoms with van der Waals surface area (Å²) in [6.07, 6.45) is -3.74. The van der Waals surface area contributed by atoms with Crippen molar-refractivity contribution in [1.29, 1.82) is 0 Å². The van der Waals surface area contributed by atoms with Gasteiger partial charge in [0.2, 0.25) is 0 Å². The summed E-state index contributed by atoms with van der Waals surface area (Å²) in [4.78, 5) is 43.9. The summed E-state index contributed by atoms with van der Waals surface area (Å²) in [5.41, 5.74) is 3.45. The molecule has 1 aromatic rings. The minimum absolute atomic E-state index is 0.590. The maximum atomic E-state index is 12.0. The van der Waals surface area contributed by atoms with Crippen molar-refractivity contribution >= 4 is 13.7 Å². The Morgan fingerprint density at radius 3 is 2.65 bits per heavy atom. The van der Waals surface area contributed by atoms with Crippen LogP contribution in [0.3, 0.4) is 0 Å². The lowest BCUT2D eigenvalue weighted by molar-refractivity contribution is -0.0538. The number of nitrogens with zero attached hydrogens (tertiary/aromatic N) is 2. The van der Waals surface area contributed by atoms with Crippen LogP contribution in [0.15, 0.2) is 17.2 Å². The van der Waals surface area contributed by atoms with Gasteiger partial charge in [-0.3, -0.25) is 18.7 Å². The average molecular weight is 351 g/mol. The highest BCUT2D eigenvalue weighted by Crippen LogP contribution is 2.38. The van der Waals surface area contributed by atoms with Gasteiger partial charge in [-0.25, -0.2) is 9.55 Å². The molecule has 4 atom stereocenters. The monoisotopic (exact) mass is 351 g/mol. The average Bonchev–Trinajstić information content (AvgIpc) is 2.72. The zero-order valence-electron chi connectivity index (χ0n) is 11.4. The lowest BCUT2D eigenvalue weighted by atomic mass is 10.1. The van der Waals surface area contributed by atoms with Crippen LogP contribution in [0.4, 0.5) is 0 Å². The predicted molar refractivity (Wildman–Crippen MR) is 70.9 cm³/mol. The first kappa shape index (κ1) is 17.7. The molecule has 12 nitrogen and oxygen atoms in total. The third-order valence-corrected chi connectivity index (χ3v) is 3.61. The molecular formula is C10H14N3O9P. The van der Waals surface area contributed by atoms with Crippen molar-refractivity contribution in [2.75, 3.05) is 6.61 Å². The van der Waals surface area contributed by atoms with Crippen LogP contribution in [0.1, 0.15) is 16.7 Å². The highest BCUT2D eigenvalue weighted by Gasteiger charge is 2.45. The molecule has 1 saturated heterocycles. The number of hydrogen-bond acceptors (Lipinski definition) is 8. The Labute approximate surface area is 128 Å². The fraction of sp³-hybridized carbons (Fsp3) is 0.500. The van der Waals surface area contributed by atoms with Gasteiger partial charge in [0.05, 0.1) is 6.61 Å². The van der Waals surface area contributed by atoms with Crippen molar-refractivity contribution in [3.63, 3.8) is 0 Å². The lowest BCUT2D eigenvalue weighted by Gasteiger charge is -2.17. The summed E-state index contributed by atoms with van der Waals surface area (Å²) in [6.45, 7) is -0.721. The number of phosphoric ester groups is 1. The smallest absolute Gasteiger partial charge is 0.387 e. The number of carbonyl (C=O) groups is 1. The Kier molecular flexibility index (Phi) is 4.96. The number of carbonyl (C=O) groups excluding carboxylic acids is 1. The number of hydrogen-bond donors (Lipinski definition) is 5. The Balaban J connectivity index is 2.25. The summed E-state index contributed by atoms with van der Waals surface area (Å²) in [7, 11) is -4.80. The largest absolute Gasteiger partial charge is 0.469 e. The van der Waals surface area contributed by atoms with Crippen molar-refractivity contribution in [3.05, 3.63) is 28.4 Å². The van der Waals surface area contributed by atoms with Crippen molar-refractivity contribution in [3.8, 4) is 0 Å². The van der Waals surface area contributed by atoms with Crippen LogP contribution in [0.25, 0.3) is 0 Å². The third kappa shape index (κ3) is 3.82. The molecule has 0 spiro atoms. The molecule has 1 aliphatic heterocycles. The molecule has 1 aromatic heterocycles. The molecule has 1 aliphatic rings. The summed E-state index contributed by atoms with van der Waals surface area (Å²) in [5.74, 6) is -1.08. The van der Waals surface area contributed by atoms with E-state index in [4.69, 9.17) is 20.3 Å². The summed E-state index contributed by atoms with van der Waals surface area (Å²) >= 11 is 0. The standard InChI is InChI=1S/C10H14N3O9P/c11-8(16)5-9(17)13(2-1-12-5)10-7(15)6(14)4(22-10)3-21-23(18,19)20/h1-2,4,6-7,10,14-15H,3H2,(H2,11,16)(H2,18,19,20)/t4-,6-,7-,10-/m1/s1. The number of phosphoric acid groups is 1. The van der Waals surface area contributed by atoms with Gasteiger partial charge in [-0.15, -0.1) is 0 Å². The molecule has 0 radical (unpaired) electrons. The second-order valence-electron chi connectivity index (χ2n) is 4.69. The molecule has 0 aliphatic carbocycles. The fourth-order valence-corrected chi connectivity index (χ4v) is 2.40. The van der Waals surface area contributed by atoms with Gasteiger partial charge in [0, 0.05) is 12.4 Å². The van der Waals surface area contributed by atoms with E-state index in [1.54, 1.807) is 0 Å². The Morgan fingerprint density at radius 1 is 1.43 bits per heavy atom. The SMILES string of the molecule is NC(=O)c1nccn([C@@H]2O[C@H](COP(=O)(O)O)[C@@H](O)[C@H]2O)c1=O. The quantitative estimate of drug-likeness (QED) is 0.343. The highest BCUT2D eigenvalue weighted by molar-refractivity contribution is 7.46. The molecule has 6 N–H and O–H groups in total. The molecule has 0 aromatic carbocycles. The van der Waals surface area contributed by atoms with E-state index in [9.17, 15) is 24.4 Å². The summed E-state index contributed by atoms with van der Waals surface area (Å²) in [6, 6.07) is 0. The zero-order valence-corrected chi connectivity index (χ0v) is 12.3. The predicted octanol–water partition coefficient (Wildman–Crippen LogP) is -2.93. The van der Waals surface area contributed by atoms with Gasteiger partial charge in [0.1, 0.15) is 18.3 Å². The van der Waals surface area contributed by atoms with Gasteiger partial charge >= 0.3 is 7.82 Å². The zero-order chi connectivity index (χ0) is 17.4. The molecular weight excluding hydrogens is 337 g/mol. The Morgan fingerprint density at radius 2 is 2.09 bits per heavy atom. The number of aromatic nitrogens is 2. The van der Waals surface area contributed by atoms with Gasteiger partial charge in [-0.2, -0.15) is 0 Å².